The van der Waals surface area contributed by atoms with E-state index < -0.39 is 18.8 Å². The summed E-state index contributed by atoms with van der Waals surface area (Å²) in [5.74, 6) is 0. The monoisotopic (exact) mass is 237 g/mol. The van der Waals surface area contributed by atoms with Gasteiger partial charge in [-0.15, -0.1) is 0 Å². The fourth-order valence-electron chi connectivity index (χ4n) is 1.28. The molecule has 0 saturated heterocycles. The number of nitrogens with zero attached hydrogens (tertiary/aromatic N) is 1. The Labute approximate surface area is 90.9 Å². The molecule has 0 amide bonds. The highest BCUT2D eigenvalue weighted by atomic mass is 19.4. The van der Waals surface area contributed by atoms with E-state index in [9.17, 15) is 13.2 Å². The second-order valence-electron chi connectivity index (χ2n) is 3.60. The highest BCUT2D eigenvalue weighted by Crippen LogP contribution is 2.19. The molecule has 0 aliphatic carbocycles. The first-order chi connectivity index (χ1) is 7.32. The second-order valence-corrected chi connectivity index (χ2v) is 3.60. The van der Waals surface area contributed by atoms with Gasteiger partial charge in [0.1, 0.15) is 0 Å². The summed E-state index contributed by atoms with van der Waals surface area (Å²) in [6.07, 6.45) is -6.91. The molecule has 1 aromatic rings. The number of aryl methyl sites for hydroxylation is 2. The summed E-state index contributed by atoms with van der Waals surface area (Å²) in [7, 11) is 0. The average molecular weight is 237 g/mol. The Kier molecular flexibility index (Phi) is 3.93. The Balaban J connectivity index is 2.42. The van der Waals surface area contributed by atoms with Crippen LogP contribution in [0.2, 0.25) is 0 Å². The number of nitrogens with one attached hydrogen (secondary N) is 2. The van der Waals surface area contributed by atoms with Gasteiger partial charge in [0.2, 0.25) is 0 Å². The zero-order chi connectivity index (χ0) is 12.3. The van der Waals surface area contributed by atoms with Gasteiger partial charge in [-0.3, -0.25) is 5.10 Å². The molecule has 3 N–H and O–H groups in total. The van der Waals surface area contributed by atoms with E-state index in [-0.39, 0.29) is 6.54 Å². The molecule has 0 fully saturated rings. The van der Waals surface area contributed by atoms with E-state index in [4.69, 9.17) is 5.11 Å². The molecule has 0 aliphatic rings. The molecule has 0 radical (unpaired) electrons. The minimum Gasteiger partial charge on any atom is -0.382 e. The smallest absolute Gasteiger partial charge is 0.382 e. The number of rotatable bonds is 4. The van der Waals surface area contributed by atoms with E-state index in [2.05, 4.69) is 15.5 Å². The maximum atomic E-state index is 12.0. The van der Waals surface area contributed by atoms with Crippen molar-refractivity contribution >= 4 is 0 Å². The van der Waals surface area contributed by atoms with Gasteiger partial charge in [0, 0.05) is 24.3 Å². The van der Waals surface area contributed by atoms with Gasteiger partial charge >= 0.3 is 6.18 Å². The summed E-state index contributed by atoms with van der Waals surface area (Å²) < 4.78 is 35.9. The number of halogens is 3. The third kappa shape index (κ3) is 3.21. The van der Waals surface area contributed by atoms with Crippen molar-refractivity contribution in [2.45, 2.75) is 32.7 Å². The molecule has 0 aliphatic heterocycles. The normalized spacial score (nSPS) is 14.1. The summed E-state index contributed by atoms with van der Waals surface area (Å²) in [6.45, 7) is 3.28. The van der Waals surface area contributed by atoms with Crippen molar-refractivity contribution in [2.24, 2.45) is 0 Å². The van der Waals surface area contributed by atoms with Crippen LogP contribution >= 0.6 is 0 Å². The lowest BCUT2D eigenvalue weighted by atomic mass is 10.2. The molecule has 1 unspecified atom stereocenters. The van der Waals surface area contributed by atoms with Crippen molar-refractivity contribution in [3.63, 3.8) is 0 Å². The van der Waals surface area contributed by atoms with Crippen LogP contribution in [0.25, 0.3) is 0 Å². The minimum absolute atomic E-state index is 0.251. The third-order valence-electron chi connectivity index (χ3n) is 2.30. The van der Waals surface area contributed by atoms with Crippen molar-refractivity contribution in [3.8, 4) is 0 Å². The Morgan fingerprint density at radius 1 is 1.44 bits per heavy atom. The molecule has 4 nitrogen and oxygen atoms in total. The van der Waals surface area contributed by atoms with E-state index in [1.54, 1.807) is 13.8 Å². The molecule has 1 rings (SSSR count). The lowest BCUT2D eigenvalue weighted by molar-refractivity contribution is -0.201. The lowest BCUT2D eigenvalue weighted by Gasteiger charge is -2.15. The topological polar surface area (TPSA) is 60.9 Å². The number of hydrogen-bond acceptors (Lipinski definition) is 3. The Bertz CT molecular complexity index is 329. The molecule has 0 spiro atoms. The minimum atomic E-state index is -4.58. The standard InChI is InChI=1S/C9H14F3N3O/c1-5-7(6(2)15-14-5)3-13-4-8(16)9(10,11)12/h8,13,16H,3-4H2,1-2H3,(H,14,15). The molecule has 1 heterocycles. The van der Waals surface area contributed by atoms with E-state index in [1.165, 1.54) is 0 Å². The largest absolute Gasteiger partial charge is 0.415 e. The molecule has 1 aromatic heterocycles. The Morgan fingerprint density at radius 2 is 2.06 bits per heavy atom. The summed E-state index contributed by atoms with van der Waals surface area (Å²) in [5.41, 5.74) is 2.38. The van der Waals surface area contributed by atoms with Crippen LogP contribution in [0.15, 0.2) is 0 Å². The van der Waals surface area contributed by atoms with Crippen LogP contribution in [0.3, 0.4) is 0 Å². The second kappa shape index (κ2) is 4.84. The average Bonchev–Trinajstić information content (AvgIpc) is 2.47. The van der Waals surface area contributed by atoms with Crippen LogP contribution in [0.1, 0.15) is 17.0 Å². The highest BCUT2D eigenvalue weighted by Gasteiger charge is 2.37. The number of alkyl halides is 3. The SMILES string of the molecule is Cc1n[nH]c(C)c1CNCC(O)C(F)(F)F. The fraction of sp³-hybridized carbons (Fsp3) is 0.667. The maximum absolute atomic E-state index is 12.0. The van der Waals surface area contributed by atoms with Gasteiger partial charge < -0.3 is 10.4 Å². The maximum Gasteiger partial charge on any atom is 0.415 e. The first-order valence-electron chi connectivity index (χ1n) is 4.78. The van der Waals surface area contributed by atoms with Crippen LogP contribution in [-0.2, 0) is 6.54 Å². The van der Waals surface area contributed by atoms with E-state index in [0.29, 0.717) is 0 Å². The number of aliphatic hydroxyl groups is 1. The van der Waals surface area contributed by atoms with Gasteiger partial charge in [0.05, 0.1) is 5.69 Å². The van der Waals surface area contributed by atoms with E-state index in [0.717, 1.165) is 17.0 Å². The Morgan fingerprint density at radius 3 is 2.50 bits per heavy atom. The predicted molar refractivity (Wildman–Crippen MR) is 51.8 cm³/mol. The third-order valence-corrected chi connectivity index (χ3v) is 2.30. The van der Waals surface area contributed by atoms with E-state index >= 15 is 0 Å². The summed E-state index contributed by atoms with van der Waals surface area (Å²) in [6, 6.07) is 0. The molecule has 0 saturated carbocycles. The van der Waals surface area contributed by atoms with Crippen molar-refractivity contribution in [3.05, 3.63) is 17.0 Å². The summed E-state index contributed by atoms with van der Waals surface area (Å²) >= 11 is 0. The molecule has 92 valence electrons. The fourth-order valence-corrected chi connectivity index (χ4v) is 1.28. The molecule has 7 heteroatoms. The summed E-state index contributed by atoms with van der Waals surface area (Å²) in [5, 5.41) is 17.9. The number of H-pyrrole nitrogens is 1. The molecular weight excluding hydrogens is 223 g/mol. The zero-order valence-electron chi connectivity index (χ0n) is 9.02. The van der Waals surface area contributed by atoms with Crippen molar-refractivity contribution in [1.29, 1.82) is 0 Å². The van der Waals surface area contributed by atoms with Crippen LogP contribution < -0.4 is 5.32 Å². The summed E-state index contributed by atoms with van der Waals surface area (Å²) in [4.78, 5) is 0. The Hall–Kier alpha value is -1.08. The van der Waals surface area contributed by atoms with Gasteiger partial charge in [0.15, 0.2) is 6.10 Å². The van der Waals surface area contributed by atoms with E-state index in [1.807, 2.05) is 0 Å². The van der Waals surface area contributed by atoms with Crippen LogP contribution in [-0.4, -0.2) is 34.1 Å². The van der Waals surface area contributed by atoms with Crippen molar-refractivity contribution in [1.82, 2.24) is 15.5 Å². The first-order valence-corrected chi connectivity index (χ1v) is 4.78. The molecular formula is C9H14F3N3O. The molecule has 16 heavy (non-hydrogen) atoms. The van der Waals surface area contributed by atoms with Crippen LogP contribution in [0.5, 0.6) is 0 Å². The molecule has 1 atom stereocenters. The predicted octanol–water partition coefficient (Wildman–Crippen LogP) is 1.04. The van der Waals surface area contributed by atoms with Crippen molar-refractivity contribution < 1.29 is 18.3 Å². The first kappa shape index (κ1) is 13.0. The number of aliphatic hydroxyl groups excluding tert-OH is 1. The zero-order valence-corrected chi connectivity index (χ0v) is 9.02. The molecule has 0 bridgehead atoms. The highest BCUT2D eigenvalue weighted by molar-refractivity contribution is 5.22. The van der Waals surface area contributed by atoms with Crippen LogP contribution in [0, 0.1) is 13.8 Å². The van der Waals surface area contributed by atoms with Gasteiger partial charge in [-0.2, -0.15) is 18.3 Å². The van der Waals surface area contributed by atoms with Crippen molar-refractivity contribution in [2.75, 3.05) is 6.54 Å². The van der Waals surface area contributed by atoms with Gasteiger partial charge in [-0.05, 0) is 13.8 Å². The quantitative estimate of drug-likeness (QED) is 0.733. The number of aromatic nitrogens is 2. The number of aromatic amines is 1. The van der Waals surface area contributed by atoms with Gasteiger partial charge in [-0.1, -0.05) is 0 Å². The lowest BCUT2D eigenvalue weighted by Crippen LogP contribution is -2.38. The molecule has 0 aromatic carbocycles. The van der Waals surface area contributed by atoms with Gasteiger partial charge in [0.25, 0.3) is 0 Å². The van der Waals surface area contributed by atoms with Gasteiger partial charge in [-0.25, -0.2) is 0 Å². The van der Waals surface area contributed by atoms with Crippen LogP contribution in [0.4, 0.5) is 13.2 Å². The number of hydrogen-bond donors (Lipinski definition) is 3.